The van der Waals surface area contributed by atoms with Gasteiger partial charge in [0.1, 0.15) is 5.75 Å². The number of nitrogens with zero attached hydrogens (tertiary/aromatic N) is 1. The number of anilines is 2. The second-order valence-electron chi connectivity index (χ2n) is 6.30. The molecule has 1 aliphatic heterocycles. The number of carbonyl (C=O) groups excluding carboxylic acids is 2. The highest BCUT2D eigenvalue weighted by Gasteiger charge is 2.31. The Morgan fingerprint density at radius 2 is 2.08 bits per heavy atom. The van der Waals surface area contributed by atoms with Gasteiger partial charge in [0.15, 0.2) is 6.10 Å². The zero-order valence-electron chi connectivity index (χ0n) is 14.8. The fourth-order valence-corrected chi connectivity index (χ4v) is 3.13. The van der Waals surface area contributed by atoms with Crippen LogP contribution in [0.1, 0.15) is 32.3 Å². The Morgan fingerprint density at radius 1 is 1.27 bits per heavy atom. The van der Waals surface area contributed by atoms with Gasteiger partial charge in [-0.05, 0) is 49.2 Å². The molecule has 0 fully saturated rings. The summed E-state index contributed by atoms with van der Waals surface area (Å²) in [5.41, 5.74) is 2.21. The van der Waals surface area contributed by atoms with Crippen molar-refractivity contribution in [1.29, 1.82) is 0 Å². The molecule has 3 rings (SSSR count). The molecule has 0 aromatic heterocycles. The number of halogens is 1. The Labute approximate surface area is 157 Å². The molecule has 0 bridgehead atoms. The van der Waals surface area contributed by atoms with Gasteiger partial charge < -0.3 is 15.0 Å². The van der Waals surface area contributed by atoms with Crippen molar-refractivity contribution in [3.05, 3.63) is 53.1 Å². The van der Waals surface area contributed by atoms with Gasteiger partial charge in [0.25, 0.3) is 5.91 Å². The molecule has 2 amide bonds. The summed E-state index contributed by atoms with van der Waals surface area (Å²) in [6.07, 6.45) is 0.661. The minimum Gasteiger partial charge on any atom is -0.479 e. The Kier molecular flexibility index (Phi) is 5.47. The summed E-state index contributed by atoms with van der Waals surface area (Å²) in [5.74, 6) is 0.437. The van der Waals surface area contributed by atoms with Crippen LogP contribution in [0.15, 0.2) is 42.5 Å². The van der Waals surface area contributed by atoms with Crippen LogP contribution in [0.5, 0.6) is 5.75 Å². The second kappa shape index (κ2) is 7.79. The zero-order chi connectivity index (χ0) is 18.7. The van der Waals surface area contributed by atoms with E-state index < -0.39 is 6.10 Å². The van der Waals surface area contributed by atoms with Gasteiger partial charge in [-0.1, -0.05) is 30.7 Å². The second-order valence-corrected chi connectivity index (χ2v) is 6.73. The molecule has 1 unspecified atom stereocenters. The third-order valence-corrected chi connectivity index (χ3v) is 4.39. The molecular formula is C20H21ClN2O3. The topological polar surface area (TPSA) is 58.6 Å². The van der Waals surface area contributed by atoms with E-state index in [9.17, 15) is 9.59 Å². The maximum absolute atomic E-state index is 12.7. The highest BCUT2D eigenvalue weighted by molar-refractivity contribution is 6.30. The number of ether oxygens (including phenoxy) is 1. The first-order valence-electron chi connectivity index (χ1n) is 8.64. The predicted molar refractivity (Wildman–Crippen MR) is 103 cm³/mol. The van der Waals surface area contributed by atoms with Crippen LogP contribution in [-0.4, -0.2) is 17.9 Å². The summed E-state index contributed by atoms with van der Waals surface area (Å²) in [6.45, 7) is 4.06. The quantitative estimate of drug-likeness (QED) is 0.846. The van der Waals surface area contributed by atoms with E-state index in [0.29, 0.717) is 35.1 Å². The molecule has 0 saturated carbocycles. The summed E-state index contributed by atoms with van der Waals surface area (Å²) in [7, 11) is 0. The van der Waals surface area contributed by atoms with Gasteiger partial charge in [0.05, 0.1) is 12.2 Å². The smallest absolute Gasteiger partial charge is 0.268 e. The van der Waals surface area contributed by atoms with Gasteiger partial charge in [-0.3, -0.25) is 9.59 Å². The maximum Gasteiger partial charge on any atom is 0.268 e. The minimum atomic E-state index is -0.567. The van der Waals surface area contributed by atoms with Crippen LogP contribution < -0.4 is 15.0 Å². The van der Waals surface area contributed by atoms with Gasteiger partial charge in [0.2, 0.25) is 5.91 Å². The van der Waals surface area contributed by atoms with Crippen LogP contribution in [0.2, 0.25) is 5.02 Å². The molecule has 6 heteroatoms. The molecule has 0 aliphatic carbocycles. The van der Waals surface area contributed by atoms with Gasteiger partial charge in [-0.15, -0.1) is 0 Å². The highest BCUT2D eigenvalue weighted by atomic mass is 35.5. The highest BCUT2D eigenvalue weighted by Crippen LogP contribution is 2.37. The van der Waals surface area contributed by atoms with E-state index in [0.717, 1.165) is 12.0 Å². The van der Waals surface area contributed by atoms with Crippen molar-refractivity contribution in [2.45, 2.75) is 39.3 Å². The first kappa shape index (κ1) is 18.3. The van der Waals surface area contributed by atoms with Gasteiger partial charge in [-0.25, -0.2) is 0 Å². The molecule has 0 radical (unpaired) electrons. The third-order valence-electron chi connectivity index (χ3n) is 4.16. The largest absolute Gasteiger partial charge is 0.479 e. The van der Waals surface area contributed by atoms with Crippen LogP contribution in [0, 0.1) is 0 Å². The minimum absolute atomic E-state index is 0.0507. The van der Waals surface area contributed by atoms with Crippen molar-refractivity contribution >= 4 is 34.8 Å². The first-order chi connectivity index (χ1) is 12.5. The lowest BCUT2D eigenvalue weighted by Gasteiger charge is -2.33. The summed E-state index contributed by atoms with van der Waals surface area (Å²) >= 11 is 6.06. The monoisotopic (exact) mass is 372 g/mol. The third kappa shape index (κ3) is 3.99. The molecule has 0 spiro atoms. The fourth-order valence-electron chi connectivity index (χ4n) is 2.92. The van der Waals surface area contributed by atoms with Crippen molar-refractivity contribution in [1.82, 2.24) is 0 Å². The average molecular weight is 373 g/mol. The number of rotatable bonds is 5. The maximum atomic E-state index is 12.7. The van der Waals surface area contributed by atoms with Crippen molar-refractivity contribution in [2.75, 3.05) is 10.2 Å². The van der Waals surface area contributed by atoms with Crippen LogP contribution in [0.25, 0.3) is 0 Å². The Morgan fingerprint density at radius 3 is 2.81 bits per heavy atom. The number of nitrogens with one attached hydrogen (secondary N) is 1. The number of carbonyl (C=O) groups is 2. The molecule has 2 aromatic rings. The molecule has 1 aliphatic rings. The first-order valence-corrected chi connectivity index (χ1v) is 9.02. The van der Waals surface area contributed by atoms with Crippen molar-refractivity contribution in [2.24, 2.45) is 0 Å². The van der Waals surface area contributed by atoms with Gasteiger partial charge in [-0.2, -0.15) is 0 Å². The molecule has 1 N–H and O–H groups in total. The Balaban J connectivity index is 1.92. The van der Waals surface area contributed by atoms with E-state index >= 15 is 0 Å². The molecule has 136 valence electrons. The van der Waals surface area contributed by atoms with E-state index in [1.165, 1.54) is 0 Å². The molecule has 1 heterocycles. The summed E-state index contributed by atoms with van der Waals surface area (Å²) < 4.78 is 5.71. The molecular weight excluding hydrogens is 352 g/mol. The lowest BCUT2D eigenvalue weighted by Crippen LogP contribution is -2.44. The van der Waals surface area contributed by atoms with Crippen LogP contribution in [0.3, 0.4) is 0 Å². The lowest BCUT2D eigenvalue weighted by atomic mass is 10.1. The average Bonchev–Trinajstić information content (AvgIpc) is 2.60. The molecule has 0 saturated heterocycles. The summed E-state index contributed by atoms with van der Waals surface area (Å²) in [4.78, 5) is 26.2. The van der Waals surface area contributed by atoms with E-state index in [1.54, 1.807) is 36.1 Å². The van der Waals surface area contributed by atoms with Crippen LogP contribution >= 0.6 is 11.6 Å². The fraction of sp³-hybridized carbons (Fsp3) is 0.300. The van der Waals surface area contributed by atoms with Crippen molar-refractivity contribution in [3.63, 3.8) is 0 Å². The summed E-state index contributed by atoms with van der Waals surface area (Å²) in [5, 5.41) is 3.48. The van der Waals surface area contributed by atoms with Crippen molar-refractivity contribution < 1.29 is 14.3 Å². The molecule has 26 heavy (non-hydrogen) atoms. The Hall–Kier alpha value is -2.53. The number of benzene rings is 2. The summed E-state index contributed by atoms with van der Waals surface area (Å²) in [6, 6.07) is 12.8. The van der Waals surface area contributed by atoms with E-state index in [1.807, 2.05) is 25.1 Å². The van der Waals surface area contributed by atoms with Crippen LogP contribution in [-0.2, 0) is 16.1 Å². The lowest BCUT2D eigenvalue weighted by molar-refractivity contribution is -0.125. The van der Waals surface area contributed by atoms with Gasteiger partial charge >= 0.3 is 0 Å². The van der Waals surface area contributed by atoms with Gasteiger partial charge in [0, 0.05) is 17.1 Å². The van der Waals surface area contributed by atoms with E-state index in [4.69, 9.17) is 16.3 Å². The van der Waals surface area contributed by atoms with Crippen molar-refractivity contribution in [3.8, 4) is 5.75 Å². The van der Waals surface area contributed by atoms with E-state index in [2.05, 4.69) is 5.32 Å². The molecule has 5 nitrogen and oxygen atoms in total. The standard InChI is InChI=1S/C20H21ClN2O3/c1-3-5-19(24)22-16-8-9-18-17(11-16)23(20(25)13(2)26-18)12-14-6-4-7-15(21)10-14/h4,6-11,13H,3,5,12H2,1-2H3,(H,22,24). The normalized spacial score (nSPS) is 16.0. The number of hydrogen-bond acceptors (Lipinski definition) is 3. The zero-order valence-corrected chi connectivity index (χ0v) is 15.5. The Bertz CT molecular complexity index is 838. The predicted octanol–water partition coefficient (Wildman–Crippen LogP) is 4.39. The van der Waals surface area contributed by atoms with Crippen LogP contribution in [0.4, 0.5) is 11.4 Å². The molecule has 2 aromatic carbocycles. The SMILES string of the molecule is CCCC(=O)Nc1ccc2c(c1)N(Cc1cccc(Cl)c1)C(=O)C(C)O2. The molecule has 1 atom stereocenters. The number of fused-ring (bicyclic) bond motifs is 1. The van der Waals surface area contributed by atoms with E-state index in [-0.39, 0.29) is 11.8 Å². The number of hydrogen-bond donors (Lipinski definition) is 1. The number of amides is 2.